The van der Waals surface area contributed by atoms with Gasteiger partial charge in [-0.05, 0) is 50.7 Å². The SMILES string of the molecule is Cc1nn(-c2ccc(Cl)c(Cl)c2)c(C)c1CC(=O)NCc1ccc(N2CCN(C)CC2)nc1. The van der Waals surface area contributed by atoms with Gasteiger partial charge in [0.15, 0.2) is 0 Å². The predicted molar refractivity (Wildman–Crippen MR) is 133 cm³/mol. The van der Waals surface area contributed by atoms with Crippen molar-refractivity contribution in [3.63, 3.8) is 0 Å². The molecule has 0 spiro atoms. The van der Waals surface area contributed by atoms with Crippen LogP contribution in [0.25, 0.3) is 5.69 Å². The van der Waals surface area contributed by atoms with Gasteiger partial charge >= 0.3 is 0 Å². The Labute approximate surface area is 204 Å². The third-order valence-electron chi connectivity index (χ3n) is 6.05. The summed E-state index contributed by atoms with van der Waals surface area (Å²) in [6.45, 7) is 8.34. The summed E-state index contributed by atoms with van der Waals surface area (Å²) in [4.78, 5) is 21.9. The Balaban J connectivity index is 1.36. The fraction of sp³-hybridized carbons (Fsp3) is 0.375. The monoisotopic (exact) mass is 486 g/mol. The second-order valence-electron chi connectivity index (χ2n) is 8.43. The highest BCUT2D eigenvalue weighted by molar-refractivity contribution is 6.42. The van der Waals surface area contributed by atoms with E-state index in [-0.39, 0.29) is 12.3 Å². The highest BCUT2D eigenvalue weighted by Gasteiger charge is 2.17. The van der Waals surface area contributed by atoms with Gasteiger partial charge in [0.05, 0.1) is 27.8 Å². The van der Waals surface area contributed by atoms with Crippen molar-refractivity contribution in [3.8, 4) is 5.69 Å². The number of hydrogen-bond acceptors (Lipinski definition) is 5. The van der Waals surface area contributed by atoms with Crippen molar-refractivity contribution < 1.29 is 4.79 Å². The topological polar surface area (TPSA) is 66.3 Å². The molecule has 0 unspecified atom stereocenters. The largest absolute Gasteiger partial charge is 0.354 e. The molecule has 1 fully saturated rings. The van der Waals surface area contributed by atoms with Gasteiger partial charge in [-0.25, -0.2) is 9.67 Å². The fourth-order valence-electron chi connectivity index (χ4n) is 3.97. The molecule has 1 aliphatic heterocycles. The lowest BCUT2D eigenvalue weighted by molar-refractivity contribution is -0.120. The summed E-state index contributed by atoms with van der Waals surface area (Å²) in [6.07, 6.45) is 2.10. The van der Waals surface area contributed by atoms with Crippen molar-refractivity contribution in [2.24, 2.45) is 0 Å². The van der Waals surface area contributed by atoms with Crippen molar-refractivity contribution in [3.05, 3.63) is 69.1 Å². The molecule has 0 radical (unpaired) electrons. The van der Waals surface area contributed by atoms with E-state index in [2.05, 4.69) is 32.2 Å². The normalized spacial score (nSPS) is 14.5. The van der Waals surface area contributed by atoms with Crippen LogP contribution in [-0.2, 0) is 17.8 Å². The molecule has 174 valence electrons. The molecular formula is C24H28Cl2N6O. The van der Waals surface area contributed by atoms with Crippen molar-refractivity contribution in [1.29, 1.82) is 0 Å². The van der Waals surface area contributed by atoms with Crippen LogP contribution < -0.4 is 10.2 Å². The number of benzene rings is 1. The first kappa shape index (κ1) is 23.5. The molecule has 0 aliphatic carbocycles. The van der Waals surface area contributed by atoms with Gasteiger partial charge in [-0.15, -0.1) is 0 Å². The third kappa shape index (κ3) is 5.49. The molecule has 1 amide bonds. The van der Waals surface area contributed by atoms with Crippen molar-refractivity contribution in [2.45, 2.75) is 26.8 Å². The minimum Gasteiger partial charge on any atom is -0.354 e. The maximum Gasteiger partial charge on any atom is 0.224 e. The number of carbonyl (C=O) groups excluding carboxylic acids is 1. The Bertz CT molecular complexity index is 1140. The van der Waals surface area contributed by atoms with Gasteiger partial charge in [0.25, 0.3) is 0 Å². The van der Waals surface area contributed by atoms with Crippen molar-refractivity contribution in [2.75, 3.05) is 38.1 Å². The van der Waals surface area contributed by atoms with E-state index in [1.54, 1.807) is 16.8 Å². The van der Waals surface area contributed by atoms with Gasteiger partial charge in [0.1, 0.15) is 5.82 Å². The van der Waals surface area contributed by atoms with Gasteiger partial charge in [-0.1, -0.05) is 29.3 Å². The number of likely N-dealkylation sites (N-methyl/N-ethyl adjacent to an activating group) is 1. The van der Waals surface area contributed by atoms with Crippen LogP contribution in [0.4, 0.5) is 5.82 Å². The third-order valence-corrected chi connectivity index (χ3v) is 6.79. The van der Waals surface area contributed by atoms with E-state index in [0.717, 1.165) is 60.2 Å². The molecule has 33 heavy (non-hydrogen) atoms. The lowest BCUT2D eigenvalue weighted by Crippen LogP contribution is -2.44. The molecule has 0 saturated carbocycles. The van der Waals surface area contributed by atoms with Crippen LogP contribution in [-0.4, -0.2) is 58.8 Å². The van der Waals surface area contributed by atoms with Crippen LogP contribution in [0.3, 0.4) is 0 Å². The lowest BCUT2D eigenvalue weighted by atomic mass is 10.1. The van der Waals surface area contributed by atoms with E-state index in [4.69, 9.17) is 23.2 Å². The second-order valence-corrected chi connectivity index (χ2v) is 9.24. The Morgan fingerprint density at radius 2 is 1.82 bits per heavy atom. The van der Waals surface area contributed by atoms with E-state index in [0.29, 0.717) is 16.6 Å². The summed E-state index contributed by atoms with van der Waals surface area (Å²) in [7, 11) is 2.14. The maximum atomic E-state index is 12.7. The zero-order chi connectivity index (χ0) is 23.5. The van der Waals surface area contributed by atoms with E-state index in [1.807, 2.05) is 38.2 Å². The average Bonchev–Trinajstić information content (AvgIpc) is 3.09. The number of nitrogens with zero attached hydrogens (tertiary/aromatic N) is 5. The molecule has 9 heteroatoms. The van der Waals surface area contributed by atoms with E-state index >= 15 is 0 Å². The van der Waals surface area contributed by atoms with E-state index in [9.17, 15) is 4.79 Å². The first-order valence-electron chi connectivity index (χ1n) is 11.0. The molecular weight excluding hydrogens is 459 g/mol. The summed E-state index contributed by atoms with van der Waals surface area (Å²) in [6, 6.07) is 9.43. The molecule has 1 N–H and O–H groups in total. The number of amides is 1. The lowest BCUT2D eigenvalue weighted by Gasteiger charge is -2.33. The Hall–Kier alpha value is -2.61. The first-order valence-corrected chi connectivity index (χ1v) is 11.7. The number of pyridine rings is 1. The molecule has 7 nitrogen and oxygen atoms in total. The van der Waals surface area contributed by atoms with Crippen molar-refractivity contribution in [1.82, 2.24) is 25.0 Å². The zero-order valence-electron chi connectivity index (χ0n) is 19.1. The van der Waals surface area contributed by atoms with Crippen LogP contribution in [0.2, 0.25) is 10.0 Å². The van der Waals surface area contributed by atoms with Gasteiger partial charge in [-0.3, -0.25) is 4.79 Å². The summed E-state index contributed by atoms with van der Waals surface area (Å²) in [5.41, 5.74) is 4.40. The molecule has 1 saturated heterocycles. The highest BCUT2D eigenvalue weighted by atomic mass is 35.5. The number of rotatable bonds is 6. The predicted octanol–water partition coefficient (Wildman–Crippen LogP) is 3.80. The van der Waals surface area contributed by atoms with Crippen molar-refractivity contribution >= 4 is 34.9 Å². The highest BCUT2D eigenvalue weighted by Crippen LogP contribution is 2.26. The molecule has 1 aromatic carbocycles. The number of nitrogens with one attached hydrogen (secondary N) is 1. The van der Waals surface area contributed by atoms with Crippen LogP contribution >= 0.6 is 23.2 Å². The fourth-order valence-corrected chi connectivity index (χ4v) is 4.26. The van der Waals surface area contributed by atoms with Gasteiger partial charge in [-0.2, -0.15) is 5.10 Å². The number of anilines is 1. The van der Waals surface area contributed by atoms with Crippen LogP contribution in [0, 0.1) is 13.8 Å². The zero-order valence-corrected chi connectivity index (χ0v) is 20.6. The van der Waals surface area contributed by atoms with Gasteiger partial charge in [0, 0.05) is 50.2 Å². The number of carbonyl (C=O) groups is 1. The summed E-state index contributed by atoms with van der Waals surface area (Å²) in [5.74, 6) is 0.928. The number of aryl methyl sites for hydroxylation is 1. The van der Waals surface area contributed by atoms with Crippen LogP contribution in [0.1, 0.15) is 22.5 Å². The standard InChI is InChI=1S/C24H28Cl2N6O/c1-16-20(17(2)32(29-16)19-5-6-21(25)22(26)12-19)13-24(33)28-15-18-4-7-23(27-14-18)31-10-8-30(3)9-11-31/h4-7,12,14H,8-11,13,15H2,1-3H3,(H,28,33). The number of aromatic nitrogens is 3. The summed E-state index contributed by atoms with van der Waals surface area (Å²) in [5, 5.41) is 8.56. The second kappa shape index (κ2) is 10.1. The molecule has 2 aromatic heterocycles. The minimum absolute atomic E-state index is 0.0574. The van der Waals surface area contributed by atoms with Crippen LogP contribution in [0.5, 0.6) is 0 Å². The summed E-state index contributed by atoms with van der Waals surface area (Å²) < 4.78 is 1.79. The molecule has 4 rings (SSSR count). The molecule has 1 aliphatic rings. The summed E-state index contributed by atoms with van der Waals surface area (Å²) >= 11 is 12.2. The number of halogens is 2. The maximum absolute atomic E-state index is 12.7. The Kier molecular flexibility index (Phi) is 7.22. The van der Waals surface area contributed by atoms with Gasteiger partial charge < -0.3 is 15.1 Å². The van der Waals surface area contributed by atoms with E-state index < -0.39 is 0 Å². The number of hydrogen-bond donors (Lipinski definition) is 1. The minimum atomic E-state index is -0.0574. The average molecular weight is 487 g/mol. The molecule has 0 atom stereocenters. The molecule has 3 aromatic rings. The van der Waals surface area contributed by atoms with Crippen LogP contribution in [0.15, 0.2) is 36.5 Å². The smallest absolute Gasteiger partial charge is 0.224 e. The quantitative estimate of drug-likeness (QED) is 0.573. The van der Waals surface area contributed by atoms with Gasteiger partial charge in [0.2, 0.25) is 5.91 Å². The first-order chi connectivity index (χ1) is 15.8. The van der Waals surface area contributed by atoms with E-state index in [1.165, 1.54) is 0 Å². The Morgan fingerprint density at radius 3 is 2.48 bits per heavy atom. The number of piperazine rings is 1. The Morgan fingerprint density at radius 1 is 1.06 bits per heavy atom. The molecule has 0 bridgehead atoms. The molecule has 3 heterocycles.